The largest absolute Gasteiger partial charge is 0.373 e. The Bertz CT molecular complexity index is 366. The molecular formula is C16H28N2. The SMILES string of the molecule is CCNC(CN(C)c1ccccc1C)C(C)(C)C. The Morgan fingerprint density at radius 2 is 1.83 bits per heavy atom. The molecule has 102 valence electrons. The van der Waals surface area contributed by atoms with Crippen LogP contribution in [0.4, 0.5) is 5.69 Å². The second-order valence-electron chi connectivity index (χ2n) is 6.14. The number of benzene rings is 1. The van der Waals surface area contributed by atoms with E-state index in [1.54, 1.807) is 0 Å². The number of rotatable bonds is 5. The van der Waals surface area contributed by atoms with Crippen molar-refractivity contribution < 1.29 is 0 Å². The van der Waals surface area contributed by atoms with Crippen molar-refractivity contribution >= 4 is 5.69 Å². The topological polar surface area (TPSA) is 15.3 Å². The molecule has 0 saturated heterocycles. The van der Waals surface area contributed by atoms with Gasteiger partial charge in [0.05, 0.1) is 0 Å². The predicted molar refractivity (Wildman–Crippen MR) is 81.4 cm³/mol. The number of nitrogens with zero attached hydrogens (tertiary/aromatic N) is 1. The zero-order valence-electron chi connectivity index (χ0n) is 12.7. The number of aryl methyl sites for hydroxylation is 1. The van der Waals surface area contributed by atoms with Crippen molar-refractivity contribution in [3.63, 3.8) is 0 Å². The maximum absolute atomic E-state index is 3.60. The first-order valence-electron chi connectivity index (χ1n) is 6.86. The fraction of sp³-hybridized carbons (Fsp3) is 0.625. The fourth-order valence-electron chi connectivity index (χ4n) is 2.25. The third kappa shape index (κ3) is 4.02. The first-order valence-corrected chi connectivity index (χ1v) is 6.86. The van der Waals surface area contributed by atoms with Crippen LogP contribution in [0.3, 0.4) is 0 Å². The lowest BCUT2D eigenvalue weighted by Crippen LogP contribution is -2.47. The van der Waals surface area contributed by atoms with Gasteiger partial charge in [0.25, 0.3) is 0 Å². The monoisotopic (exact) mass is 248 g/mol. The molecule has 0 aromatic heterocycles. The van der Waals surface area contributed by atoms with Crippen LogP contribution in [0.1, 0.15) is 33.3 Å². The number of hydrogen-bond donors (Lipinski definition) is 1. The van der Waals surface area contributed by atoms with Gasteiger partial charge in [-0.25, -0.2) is 0 Å². The summed E-state index contributed by atoms with van der Waals surface area (Å²) in [5, 5.41) is 3.60. The van der Waals surface area contributed by atoms with E-state index in [-0.39, 0.29) is 5.41 Å². The number of para-hydroxylation sites is 1. The van der Waals surface area contributed by atoms with Gasteiger partial charge in [-0.1, -0.05) is 45.9 Å². The van der Waals surface area contributed by atoms with Gasteiger partial charge in [-0.3, -0.25) is 0 Å². The van der Waals surface area contributed by atoms with E-state index in [2.05, 4.69) is 76.1 Å². The lowest BCUT2D eigenvalue weighted by molar-refractivity contribution is 0.275. The molecule has 0 spiro atoms. The van der Waals surface area contributed by atoms with Gasteiger partial charge in [-0.05, 0) is 30.5 Å². The van der Waals surface area contributed by atoms with Gasteiger partial charge < -0.3 is 10.2 Å². The molecule has 2 heteroatoms. The van der Waals surface area contributed by atoms with Crippen molar-refractivity contribution in [2.45, 2.75) is 40.7 Å². The quantitative estimate of drug-likeness (QED) is 0.858. The molecule has 2 nitrogen and oxygen atoms in total. The number of nitrogens with one attached hydrogen (secondary N) is 1. The highest BCUT2D eigenvalue weighted by atomic mass is 15.1. The van der Waals surface area contributed by atoms with E-state index in [1.165, 1.54) is 11.3 Å². The Hall–Kier alpha value is -1.02. The van der Waals surface area contributed by atoms with Crippen LogP contribution in [0.5, 0.6) is 0 Å². The van der Waals surface area contributed by atoms with Crippen LogP contribution in [0.2, 0.25) is 0 Å². The number of likely N-dealkylation sites (N-methyl/N-ethyl adjacent to an activating group) is 2. The molecule has 0 heterocycles. The highest BCUT2D eigenvalue weighted by Gasteiger charge is 2.25. The normalized spacial score (nSPS) is 13.4. The minimum absolute atomic E-state index is 0.271. The van der Waals surface area contributed by atoms with Crippen LogP contribution in [0, 0.1) is 12.3 Å². The summed E-state index contributed by atoms with van der Waals surface area (Å²) in [6.07, 6.45) is 0. The maximum Gasteiger partial charge on any atom is 0.0393 e. The maximum atomic E-state index is 3.60. The van der Waals surface area contributed by atoms with E-state index in [9.17, 15) is 0 Å². The lowest BCUT2D eigenvalue weighted by Gasteiger charge is -2.35. The molecule has 1 aromatic rings. The van der Waals surface area contributed by atoms with Gasteiger partial charge in [-0.2, -0.15) is 0 Å². The molecule has 0 radical (unpaired) electrons. The molecule has 0 bridgehead atoms. The molecule has 1 rings (SSSR count). The molecule has 0 amide bonds. The number of anilines is 1. The van der Waals surface area contributed by atoms with Gasteiger partial charge >= 0.3 is 0 Å². The van der Waals surface area contributed by atoms with Gasteiger partial charge in [-0.15, -0.1) is 0 Å². The summed E-state index contributed by atoms with van der Waals surface area (Å²) in [5.74, 6) is 0. The van der Waals surface area contributed by atoms with E-state index in [1.807, 2.05) is 0 Å². The highest BCUT2D eigenvalue weighted by Crippen LogP contribution is 2.23. The Kier molecular flexibility index (Phi) is 5.21. The van der Waals surface area contributed by atoms with E-state index in [4.69, 9.17) is 0 Å². The third-order valence-corrected chi connectivity index (χ3v) is 3.48. The van der Waals surface area contributed by atoms with Crippen LogP contribution in [-0.4, -0.2) is 26.2 Å². The smallest absolute Gasteiger partial charge is 0.0393 e. The van der Waals surface area contributed by atoms with Gasteiger partial charge in [0.1, 0.15) is 0 Å². The summed E-state index contributed by atoms with van der Waals surface area (Å²) in [6.45, 7) is 13.3. The second-order valence-corrected chi connectivity index (χ2v) is 6.14. The van der Waals surface area contributed by atoms with Crippen molar-refractivity contribution in [2.75, 3.05) is 25.0 Å². The van der Waals surface area contributed by atoms with Crippen LogP contribution in [-0.2, 0) is 0 Å². The first kappa shape index (κ1) is 15.0. The Labute approximate surface area is 112 Å². The Morgan fingerprint density at radius 3 is 2.33 bits per heavy atom. The first-order chi connectivity index (χ1) is 8.36. The molecule has 0 saturated carbocycles. The average Bonchev–Trinajstić information content (AvgIpc) is 2.27. The fourth-order valence-corrected chi connectivity index (χ4v) is 2.25. The molecule has 1 atom stereocenters. The Morgan fingerprint density at radius 1 is 1.22 bits per heavy atom. The van der Waals surface area contributed by atoms with Gasteiger partial charge in [0.15, 0.2) is 0 Å². The van der Waals surface area contributed by atoms with Crippen LogP contribution < -0.4 is 10.2 Å². The summed E-state index contributed by atoms with van der Waals surface area (Å²) in [6, 6.07) is 9.06. The van der Waals surface area contributed by atoms with Crippen molar-refractivity contribution in [3.05, 3.63) is 29.8 Å². The molecule has 0 fully saturated rings. The van der Waals surface area contributed by atoms with Crippen molar-refractivity contribution in [1.82, 2.24) is 5.32 Å². The minimum Gasteiger partial charge on any atom is -0.373 e. The summed E-state index contributed by atoms with van der Waals surface area (Å²) in [4.78, 5) is 2.36. The van der Waals surface area contributed by atoms with Gasteiger partial charge in [0, 0.05) is 25.3 Å². The number of hydrogen-bond acceptors (Lipinski definition) is 2. The van der Waals surface area contributed by atoms with Crippen LogP contribution in [0.25, 0.3) is 0 Å². The zero-order chi connectivity index (χ0) is 13.8. The van der Waals surface area contributed by atoms with Crippen LogP contribution >= 0.6 is 0 Å². The summed E-state index contributed by atoms with van der Waals surface area (Å²) < 4.78 is 0. The summed E-state index contributed by atoms with van der Waals surface area (Å²) in [5.41, 5.74) is 2.93. The standard InChI is InChI=1S/C16H28N2/c1-7-17-15(16(3,4)5)12-18(6)14-11-9-8-10-13(14)2/h8-11,15,17H,7,12H2,1-6H3. The average molecular weight is 248 g/mol. The van der Waals surface area contributed by atoms with Gasteiger partial charge in [0.2, 0.25) is 0 Å². The molecule has 0 aliphatic rings. The molecule has 1 N–H and O–H groups in total. The highest BCUT2D eigenvalue weighted by molar-refractivity contribution is 5.52. The molecule has 1 unspecified atom stereocenters. The van der Waals surface area contributed by atoms with Crippen molar-refractivity contribution in [1.29, 1.82) is 0 Å². The summed E-state index contributed by atoms with van der Waals surface area (Å²) in [7, 11) is 2.18. The molecule has 18 heavy (non-hydrogen) atoms. The molecule has 1 aromatic carbocycles. The van der Waals surface area contributed by atoms with E-state index in [0.29, 0.717) is 6.04 Å². The van der Waals surface area contributed by atoms with Crippen LogP contribution in [0.15, 0.2) is 24.3 Å². The molecule has 0 aliphatic heterocycles. The van der Waals surface area contributed by atoms with Crippen molar-refractivity contribution in [2.24, 2.45) is 5.41 Å². The molecule has 0 aliphatic carbocycles. The lowest BCUT2D eigenvalue weighted by atomic mass is 9.86. The molecular weight excluding hydrogens is 220 g/mol. The Balaban J connectivity index is 2.79. The summed E-state index contributed by atoms with van der Waals surface area (Å²) >= 11 is 0. The van der Waals surface area contributed by atoms with E-state index >= 15 is 0 Å². The van der Waals surface area contributed by atoms with E-state index < -0.39 is 0 Å². The van der Waals surface area contributed by atoms with Crippen molar-refractivity contribution in [3.8, 4) is 0 Å². The second kappa shape index (κ2) is 6.24. The minimum atomic E-state index is 0.271. The predicted octanol–water partition coefficient (Wildman–Crippen LogP) is 3.46. The van der Waals surface area contributed by atoms with E-state index in [0.717, 1.165) is 13.1 Å². The third-order valence-electron chi connectivity index (χ3n) is 3.48. The zero-order valence-corrected chi connectivity index (χ0v) is 12.7.